The summed E-state index contributed by atoms with van der Waals surface area (Å²) in [6.07, 6.45) is 0. The third kappa shape index (κ3) is 5.29. The molecule has 0 saturated heterocycles. The van der Waals surface area contributed by atoms with Gasteiger partial charge >= 0.3 is 5.97 Å². The number of hydrogen-bond acceptors (Lipinski definition) is 5. The molecule has 2 rings (SSSR count). The molecule has 2 aromatic carbocycles. The molecule has 0 radical (unpaired) electrons. The van der Waals surface area contributed by atoms with Gasteiger partial charge in [-0.25, -0.2) is 4.79 Å². The van der Waals surface area contributed by atoms with Gasteiger partial charge in [0, 0.05) is 12.6 Å². The van der Waals surface area contributed by atoms with E-state index in [1.54, 1.807) is 0 Å². The van der Waals surface area contributed by atoms with Crippen LogP contribution in [0.4, 0.5) is 5.69 Å². The largest absolute Gasteiger partial charge is 0.452 e. The molecule has 1 atom stereocenters. The van der Waals surface area contributed by atoms with Crippen molar-refractivity contribution in [2.24, 2.45) is 0 Å². The fourth-order valence-corrected chi connectivity index (χ4v) is 2.40. The van der Waals surface area contributed by atoms with Crippen LogP contribution in [0.3, 0.4) is 0 Å². The Morgan fingerprint density at radius 1 is 1.23 bits per heavy atom. The zero-order chi connectivity index (χ0) is 19.1. The van der Waals surface area contributed by atoms with Gasteiger partial charge in [-0.3, -0.25) is 14.9 Å². The number of nitrogens with one attached hydrogen (secondary N) is 1. The predicted octanol–water partition coefficient (Wildman–Crippen LogP) is 3.32. The van der Waals surface area contributed by atoms with Gasteiger partial charge in [0.25, 0.3) is 11.6 Å². The molecule has 0 aliphatic carbocycles. The number of halogens is 1. The van der Waals surface area contributed by atoms with E-state index in [1.165, 1.54) is 12.1 Å². The minimum Gasteiger partial charge on any atom is -0.452 e. The first-order chi connectivity index (χ1) is 12.4. The van der Waals surface area contributed by atoms with Gasteiger partial charge in [-0.2, -0.15) is 0 Å². The maximum atomic E-state index is 11.9. The van der Waals surface area contributed by atoms with Crippen molar-refractivity contribution in [3.63, 3.8) is 0 Å². The van der Waals surface area contributed by atoms with E-state index >= 15 is 0 Å². The van der Waals surface area contributed by atoms with Crippen LogP contribution in [0.2, 0.25) is 5.02 Å². The van der Waals surface area contributed by atoms with Gasteiger partial charge in [0.2, 0.25) is 0 Å². The van der Waals surface area contributed by atoms with Gasteiger partial charge in [-0.1, -0.05) is 48.9 Å². The fraction of sp³-hybridized carbons (Fsp3) is 0.222. The Balaban J connectivity index is 1.84. The van der Waals surface area contributed by atoms with Crippen LogP contribution in [0.5, 0.6) is 0 Å². The molecule has 0 unspecified atom stereocenters. The highest BCUT2D eigenvalue weighted by molar-refractivity contribution is 6.32. The van der Waals surface area contributed by atoms with E-state index in [1.807, 2.05) is 37.3 Å². The van der Waals surface area contributed by atoms with E-state index in [-0.39, 0.29) is 16.5 Å². The Bertz CT molecular complexity index is 810. The highest BCUT2D eigenvalue weighted by Crippen LogP contribution is 2.25. The molecule has 1 amide bonds. The average Bonchev–Trinajstić information content (AvgIpc) is 2.64. The van der Waals surface area contributed by atoms with Crippen LogP contribution in [0, 0.1) is 10.1 Å². The van der Waals surface area contributed by atoms with Crippen LogP contribution in [-0.2, 0) is 9.53 Å². The third-order valence-electron chi connectivity index (χ3n) is 3.69. The molecule has 2 aromatic rings. The number of carbonyl (C=O) groups excluding carboxylic acids is 2. The number of benzene rings is 2. The number of amides is 1. The molecule has 0 aliphatic heterocycles. The minimum absolute atomic E-state index is 0.0495. The molecule has 0 aliphatic rings. The third-order valence-corrected chi connectivity index (χ3v) is 4.01. The van der Waals surface area contributed by atoms with Gasteiger partial charge in [-0.15, -0.1) is 0 Å². The Kier molecular flexibility index (Phi) is 6.68. The minimum atomic E-state index is -0.837. The van der Waals surface area contributed by atoms with Crippen molar-refractivity contribution in [1.82, 2.24) is 5.32 Å². The first kappa shape index (κ1) is 19.4. The van der Waals surface area contributed by atoms with Crippen molar-refractivity contribution in [2.75, 3.05) is 13.2 Å². The van der Waals surface area contributed by atoms with E-state index in [9.17, 15) is 19.7 Å². The zero-order valence-electron chi connectivity index (χ0n) is 14.0. The number of nitro groups is 1. The molecule has 0 heterocycles. The van der Waals surface area contributed by atoms with E-state index in [0.717, 1.165) is 11.6 Å². The molecular weight excluding hydrogens is 360 g/mol. The quantitative estimate of drug-likeness (QED) is 0.454. The lowest BCUT2D eigenvalue weighted by Crippen LogP contribution is -2.31. The van der Waals surface area contributed by atoms with Crippen molar-refractivity contribution in [3.8, 4) is 0 Å². The average molecular weight is 377 g/mol. The van der Waals surface area contributed by atoms with Crippen molar-refractivity contribution < 1.29 is 19.2 Å². The number of carbonyl (C=O) groups is 2. The molecule has 0 saturated carbocycles. The van der Waals surface area contributed by atoms with Crippen molar-refractivity contribution in [3.05, 3.63) is 74.8 Å². The molecule has 1 N–H and O–H groups in total. The summed E-state index contributed by atoms with van der Waals surface area (Å²) in [4.78, 5) is 33.9. The summed E-state index contributed by atoms with van der Waals surface area (Å²) >= 11 is 5.69. The lowest BCUT2D eigenvalue weighted by atomic mass is 10.0. The molecule has 7 nitrogen and oxygen atoms in total. The zero-order valence-corrected chi connectivity index (χ0v) is 14.7. The molecule has 0 spiro atoms. The number of nitro benzene ring substituents is 1. The topological polar surface area (TPSA) is 98.5 Å². The second kappa shape index (κ2) is 8.96. The number of esters is 1. The Labute approximate surface area is 155 Å². The Morgan fingerprint density at radius 2 is 1.92 bits per heavy atom. The number of ether oxygens (including phenoxy) is 1. The van der Waals surface area contributed by atoms with E-state index in [0.29, 0.717) is 6.54 Å². The SMILES string of the molecule is C[C@H](CNC(=O)COC(=O)c1ccc(Cl)c([N+](=O)[O-])c1)c1ccccc1. The van der Waals surface area contributed by atoms with E-state index in [4.69, 9.17) is 16.3 Å². The molecule has 0 aromatic heterocycles. The van der Waals surface area contributed by atoms with Gasteiger partial charge in [0.15, 0.2) is 6.61 Å². The summed E-state index contributed by atoms with van der Waals surface area (Å²) in [6.45, 7) is 1.89. The lowest BCUT2D eigenvalue weighted by Gasteiger charge is -2.13. The monoisotopic (exact) mass is 376 g/mol. The second-order valence-electron chi connectivity index (χ2n) is 5.62. The molecule has 0 fully saturated rings. The standard InChI is InChI=1S/C18H17ClN2O5/c1-12(13-5-3-2-4-6-13)10-20-17(22)11-26-18(23)14-7-8-15(19)16(9-14)21(24)25/h2-9,12H,10-11H2,1H3,(H,20,22)/t12-/m1/s1. The van der Waals surface area contributed by atoms with Crippen LogP contribution in [0.1, 0.15) is 28.8 Å². The number of hydrogen-bond donors (Lipinski definition) is 1. The first-order valence-corrected chi connectivity index (χ1v) is 8.19. The number of rotatable bonds is 7. The fourth-order valence-electron chi connectivity index (χ4n) is 2.21. The van der Waals surface area contributed by atoms with E-state index in [2.05, 4.69) is 5.32 Å². The summed E-state index contributed by atoms with van der Waals surface area (Å²) in [5, 5.41) is 13.4. The first-order valence-electron chi connectivity index (χ1n) is 7.81. The van der Waals surface area contributed by atoms with Crippen LogP contribution in [-0.4, -0.2) is 30.0 Å². The van der Waals surface area contributed by atoms with Crippen LogP contribution in [0.25, 0.3) is 0 Å². The molecule has 0 bridgehead atoms. The van der Waals surface area contributed by atoms with Crippen molar-refractivity contribution in [1.29, 1.82) is 0 Å². The summed E-state index contributed by atoms with van der Waals surface area (Å²) in [5.41, 5.74) is 0.632. The summed E-state index contributed by atoms with van der Waals surface area (Å²) in [6, 6.07) is 13.2. The lowest BCUT2D eigenvalue weighted by molar-refractivity contribution is -0.384. The van der Waals surface area contributed by atoms with Gasteiger partial charge in [0.05, 0.1) is 10.5 Å². The maximum absolute atomic E-state index is 11.9. The molecule has 26 heavy (non-hydrogen) atoms. The van der Waals surface area contributed by atoms with Gasteiger partial charge in [0.1, 0.15) is 5.02 Å². The number of nitrogens with zero attached hydrogens (tertiary/aromatic N) is 1. The molecular formula is C18H17ClN2O5. The second-order valence-corrected chi connectivity index (χ2v) is 6.02. The Hall–Kier alpha value is -2.93. The van der Waals surface area contributed by atoms with Crippen molar-refractivity contribution in [2.45, 2.75) is 12.8 Å². The van der Waals surface area contributed by atoms with Crippen LogP contribution >= 0.6 is 11.6 Å². The smallest absolute Gasteiger partial charge is 0.338 e. The summed E-state index contributed by atoms with van der Waals surface area (Å²) in [7, 11) is 0. The van der Waals surface area contributed by atoms with Gasteiger partial charge in [-0.05, 0) is 23.6 Å². The van der Waals surface area contributed by atoms with Crippen molar-refractivity contribution >= 4 is 29.2 Å². The van der Waals surface area contributed by atoms with Gasteiger partial charge < -0.3 is 10.1 Å². The highest BCUT2D eigenvalue weighted by Gasteiger charge is 2.18. The van der Waals surface area contributed by atoms with E-state index < -0.39 is 29.1 Å². The van der Waals surface area contributed by atoms with Crippen LogP contribution in [0.15, 0.2) is 48.5 Å². The highest BCUT2D eigenvalue weighted by atomic mass is 35.5. The Morgan fingerprint density at radius 3 is 2.58 bits per heavy atom. The normalized spacial score (nSPS) is 11.5. The summed E-state index contributed by atoms with van der Waals surface area (Å²) < 4.78 is 4.89. The molecule has 136 valence electrons. The maximum Gasteiger partial charge on any atom is 0.338 e. The summed E-state index contributed by atoms with van der Waals surface area (Å²) in [5.74, 6) is -1.18. The predicted molar refractivity (Wildman–Crippen MR) is 96.3 cm³/mol. The van der Waals surface area contributed by atoms with Crippen LogP contribution < -0.4 is 5.32 Å². The molecule has 8 heteroatoms.